The molecule has 0 bridgehead atoms. The van der Waals surface area contributed by atoms with Gasteiger partial charge >= 0.3 is 6.36 Å². The summed E-state index contributed by atoms with van der Waals surface area (Å²) in [6.45, 7) is 0.862. The largest absolute Gasteiger partial charge is 0.573 e. The number of alkyl halides is 3. The Morgan fingerprint density at radius 1 is 1.17 bits per heavy atom. The van der Waals surface area contributed by atoms with E-state index in [1.807, 2.05) is 25.1 Å². The Labute approximate surface area is 171 Å². The summed E-state index contributed by atoms with van der Waals surface area (Å²) in [6.07, 6.45) is -3.00. The van der Waals surface area contributed by atoms with Gasteiger partial charge in [0.2, 0.25) is 5.88 Å². The molecule has 0 spiro atoms. The maximum absolute atomic E-state index is 12.3. The van der Waals surface area contributed by atoms with Crippen LogP contribution in [0.25, 0.3) is 10.8 Å². The molecule has 3 rings (SSSR count). The van der Waals surface area contributed by atoms with Crippen LogP contribution in [0.5, 0.6) is 11.6 Å². The van der Waals surface area contributed by atoms with E-state index in [-0.39, 0.29) is 18.2 Å². The first-order valence-electron chi connectivity index (χ1n) is 8.62. The summed E-state index contributed by atoms with van der Waals surface area (Å²) in [5, 5.41) is 12.1. The van der Waals surface area contributed by atoms with Crippen LogP contribution in [0.4, 0.5) is 13.2 Å². The summed E-state index contributed by atoms with van der Waals surface area (Å²) in [7, 11) is 3.84. The quantitative estimate of drug-likeness (QED) is 0.610. The molecule has 0 aliphatic heterocycles. The van der Waals surface area contributed by atoms with Gasteiger partial charge in [-0.1, -0.05) is 35.6 Å². The van der Waals surface area contributed by atoms with Crippen molar-refractivity contribution < 1.29 is 23.0 Å². The SMILES string of the molecule is CN(C)CC#Cc1cc(Cl)c2c(O)n(Cc3ccc(OC(F)(F)F)cc3)cc2c1. The van der Waals surface area contributed by atoms with Crippen LogP contribution in [0.15, 0.2) is 42.6 Å². The van der Waals surface area contributed by atoms with Crippen molar-refractivity contribution in [2.75, 3.05) is 20.6 Å². The summed E-state index contributed by atoms with van der Waals surface area (Å²) in [4.78, 5) is 1.94. The molecule has 1 heterocycles. The van der Waals surface area contributed by atoms with E-state index in [1.165, 1.54) is 24.3 Å². The zero-order valence-corrected chi connectivity index (χ0v) is 16.5. The van der Waals surface area contributed by atoms with Gasteiger partial charge in [-0.3, -0.25) is 4.90 Å². The number of aromatic nitrogens is 1. The Morgan fingerprint density at radius 3 is 2.48 bits per heavy atom. The zero-order valence-electron chi connectivity index (χ0n) is 15.7. The molecule has 0 unspecified atom stereocenters. The molecule has 0 saturated carbocycles. The Kier molecular flexibility index (Phi) is 5.96. The minimum atomic E-state index is -4.73. The molecule has 0 amide bonds. The van der Waals surface area contributed by atoms with Gasteiger partial charge < -0.3 is 14.4 Å². The smallest absolute Gasteiger partial charge is 0.494 e. The third-order valence-electron chi connectivity index (χ3n) is 4.05. The predicted molar refractivity (Wildman–Crippen MR) is 106 cm³/mol. The second-order valence-corrected chi connectivity index (χ2v) is 7.14. The average Bonchev–Trinajstić information content (AvgIpc) is 2.91. The molecule has 0 atom stereocenters. The third-order valence-corrected chi connectivity index (χ3v) is 4.35. The highest BCUT2D eigenvalue weighted by Gasteiger charge is 2.30. The fourth-order valence-corrected chi connectivity index (χ4v) is 3.14. The number of aromatic hydroxyl groups is 1. The van der Waals surface area contributed by atoms with E-state index in [0.29, 0.717) is 22.5 Å². The fraction of sp³-hybridized carbons (Fsp3) is 0.238. The number of halogens is 4. The van der Waals surface area contributed by atoms with E-state index in [4.69, 9.17) is 11.6 Å². The lowest BCUT2D eigenvalue weighted by atomic mass is 10.1. The second-order valence-electron chi connectivity index (χ2n) is 6.73. The van der Waals surface area contributed by atoms with Crippen LogP contribution in [-0.4, -0.2) is 41.6 Å². The van der Waals surface area contributed by atoms with E-state index in [2.05, 4.69) is 16.6 Å². The summed E-state index contributed by atoms with van der Waals surface area (Å²) in [5.74, 6) is 5.75. The summed E-state index contributed by atoms with van der Waals surface area (Å²) in [6, 6.07) is 9.00. The van der Waals surface area contributed by atoms with Crippen LogP contribution in [0.3, 0.4) is 0 Å². The minimum Gasteiger partial charge on any atom is -0.494 e. The van der Waals surface area contributed by atoms with Gasteiger partial charge in [0.05, 0.1) is 23.5 Å². The summed E-state index contributed by atoms with van der Waals surface area (Å²) < 4.78 is 42.2. The first-order chi connectivity index (χ1) is 13.6. The molecule has 8 heteroatoms. The number of fused-ring (bicyclic) bond motifs is 1. The van der Waals surface area contributed by atoms with Crippen molar-refractivity contribution in [3.63, 3.8) is 0 Å². The van der Waals surface area contributed by atoms with E-state index in [0.717, 1.165) is 10.9 Å². The molecule has 0 saturated heterocycles. The Bertz CT molecular complexity index is 1080. The first kappa shape index (κ1) is 20.9. The van der Waals surface area contributed by atoms with E-state index < -0.39 is 6.36 Å². The standard InChI is InChI=1S/C21H18ClF3N2O2/c1-26(2)9-3-4-15-10-16-13-27(20(28)19(16)18(22)11-15)12-14-5-7-17(8-6-14)29-21(23,24)25/h5-8,10-11,13,28H,9,12H2,1-2H3. The van der Waals surface area contributed by atoms with Gasteiger partial charge in [-0.05, 0) is 43.9 Å². The van der Waals surface area contributed by atoms with E-state index in [1.54, 1.807) is 16.8 Å². The van der Waals surface area contributed by atoms with Crippen LogP contribution in [0.1, 0.15) is 11.1 Å². The van der Waals surface area contributed by atoms with Crippen LogP contribution >= 0.6 is 11.6 Å². The van der Waals surface area contributed by atoms with Gasteiger partial charge in [-0.25, -0.2) is 0 Å². The highest BCUT2D eigenvalue weighted by atomic mass is 35.5. The molecule has 1 N–H and O–H groups in total. The van der Waals surface area contributed by atoms with Gasteiger partial charge in [0.1, 0.15) is 5.75 Å². The lowest BCUT2D eigenvalue weighted by molar-refractivity contribution is -0.274. The van der Waals surface area contributed by atoms with Gasteiger partial charge in [0.15, 0.2) is 0 Å². The molecule has 1 aromatic heterocycles. The molecule has 0 aliphatic carbocycles. The lowest BCUT2D eigenvalue weighted by Crippen LogP contribution is -2.17. The molecule has 152 valence electrons. The Hall–Kier alpha value is -2.82. The van der Waals surface area contributed by atoms with Crippen LogP contribution in [0, 0.1) is 11.8 Å². The van der Waals surface area contributed by atoms with E-state index >= 15 is 0 Å². The van der Waals surface area contributed by atoms with Crippen LogP contribution in [0.2, 0.25) is 5.02 Å². The predicted octanol–water partition coefficient (Wildman–Crippen LogP) is 4.86. The highest BCUT2D eigenvalue weighted by molar-refractivity contribution is 6.36. The molecule has 29 heavy (non-hydrogen) atoms. The number of hydrogen-bond acceptors (Lipinski definition) is 3. The Balaban J connectivity index is 1.85. The van der Waals surface area contributed by atoms with Crippen molar-refractivity contribution in [2.24, 2.45) is 0 Å². The zero-order chi connectivity index (χ0) is 21.2. The van der Waals surface area contributed by atoms with Crippen molar-refractivity contribution in [1.82, 2.24) is 9.47 Å². The number of rotatable bonds is 4. The second kappa shape index (κ2) is 8.27. The molecule has 2 aromatic carbocycles. The van der Waals surface area contributed by atoms with Crippen molar-refractivity contribution in [2.45, 2.75) is 12.9 Å². The van der Waals surface area contributed by atoms with E-state index in [9.17, 15) is 18.3 Å². The number of nitrogens with zero attached hydrogens (tertiary/aromatic N) is 2. The normalized spacial score (nSPS) is 11.6. The minimum absolute atomic E-state index is 0.0200. The maximum atomic E-state index is 12.3. The molecular weight excluding hydrogens is 405 g/mol. The Morgan fingerprint density at radius 2 is 1.86 bits per heavy atom. The van der Waals surface area contributed by atoms with Crippen LogP contribution in [-0.2, 0) is 6.54 Å². The van der Waals surface area contributed by atoms with Crippen molar-refractivity contribution in [3.05, 3.63) is 58.7 Å². The average molecular weight is 423 g/mol. The number of benzene rings is 2. The molecule has 0 radical (unpaired) electrons. The number of hydrogen-bond donors (Lipinski definition) is 1. The lowest BCUT2D eigenvalue weighted by Gasteiger charge is -2.10. The van der Waals surface area contributed by atoms with Gasteiger partial charge in [0, 0.05) is 17.1 Å². The molecular formula is C21H18ClF3N2O2. The van der Waals surface area contributed by atoms with Crippen LogP contribution < -0.4 is 4.74 Å². The van der Waals surface area contributed by atoms with Crippen molar-refractivity contribution >= 4 is 22.4 Å². The van der Waals surface area contributed by atoms with Crippen molar-refractivity contribution in [1.29, 1.82) is 0 Å². The number of ether oxygens (including phenoxy) is 1. The molecule has 4 nitrogen and oxygen atoms in total. The molecule has 0 fully saturated rings. The third kappa shape index (κ3) is 5.37. The highest BCUT2D eigenvalue weighted by Crippen LogP contribution is 2.35. The van der Waals surface area contributed by atoms with Gasteiger partial charge in [-0.15, -0.1) is 13.2 Å². The first-order valence-corrected chi connectivity index (χ1v) is 9.00. The summed E-state index contributed by atoms with van der Waals surface area (Å²) in [5.41, 5.74) is 1.42. The molecule has 0 aliphatic rings. The van der Waals surface area contributed by atoms with Gasteiger partial charge in [-0.2, -0.15) is 0 Å². The topological polar surface area (TPSA) is 37.6 Å². The molecule has 3 aromatic rings. The fourth-order valence-electron chi connectivity index (χ4n) is 2.82. The maximum Gasteiger partial charge on any atom is 0.573 e. The van der Waals surface area contributed by atoms with Gasteiger partial charge in [0.25, 0.3) is 0 Å². The van der Waals surface area contributed by atoms with Crippen molar-refractivity contribution in [3.8, 4) is 23.5 Å². The monoisotopic (exact) mass is 422 g/mol. The summed E-state index contributed by atoms with van der Waals surface area (Å²) >= 11 is 6.33.